The lowest BCUT2D eigenvalue weighted by atomic mass is 10.0. The number of hydrogen-bond donors (Lipinski definition) is 0. The molecule has 0 saturated heterocycles. The standard InChI is InChI=1S/C15H22/c1-4-13(2)7-5-6-8-15-11-9-14(3)10-12-15/h4,9-13H,1,5-8H2,2-3H3. The maximum Gasteiger partial charge on any atom is -0.0265 e. The van der Waals surface area contributed by atoms with Crippen LogP contribution < -0.4 is 0 Å². The maximum atomic E-state index is 3.81. The van der Waals surface area contributed by atoms with Crippen LogP contribution in [0.25, 0.3) is 0 Å². The zero-order valence-electron chi connectivity index (χ0n) is 10.00. The largest absolute Gasteiger partial charge is 0.103 e. The predicted octanol–water partition coefficient (Wildman–Crippen LogP) is 4.53. The van der Waals surface area contributed by atoms with E-state index in [9.17, 15) is 0 Å². The first-order valence-electron chi connectivity index (χ1n) is 5.90. The van der Waals surface area contributed by atoms with Crippen LogP contribution in [-0.2, 0) is 6.42 Å². The Morgan fingerprint density at radius 3 is 2.47 bits per heavy atom. The van der Waals surface area contributed by atoms with Gasteiger partial charge in [-0.25, -0.2) is 0 Å². The van der Waals surface area contributed by atoms with Crippen molar-refractivity contribution in [3.05, 3.63) is 48.0 Å². The van der Waals surface area contributed by atoms with Gasteiger partial charge in [0.2, 0.25) is 0 Å². The van der Waals surface area contributed by atoms with E-state index in [0.29, 0.717) is 5.92 Å². The van der Waals surface area contributed by atoms with Crippen LogP contribution in [0, 0.1) is 12.8 Å². The molecule has 1 atom stereocenters. The highest BCUT2D eigenvalue weighted by Gasteiger charge is 1.97. The van der Waals surface area contributed by atoms with Crippen molar-refractivity contribution in [3.63, 3.8) is 0 Å². The van der Waals surface area contributed by atoms with E-state index in [1.54, 1.807) is 0 Å². The summed E-state index contributed by atoms with van der Waals surface area (Å²) in [7, 11) is 0. The summed E-state index contributed by atoms with van der Waals surface area (Å²) < 4.78 is 0. The van der Waals surface area contributed by atoms with Crippen molar-refractivity contribution < 1.29 is 0 Å². The van der Waals surface area contributed by atoms with Crippen LogP contribution in [0.15, 0.2) is 36.9 Å². The van der Waals surface area contributed by atoms with Gasteiger partial charge in [-0.2, -0.15) is 0 Å². The van der Waals surface area contributed by atoms with E-state index >= 15 is 0 Å². The third-order valence-electron chi connectivity index (χ3n) is 2.90. The summed E-state index contributed by atoms with van der Waals surface area (Å²) >= 11 is 0. The number of unbranched alkanes of at least 4 members (excludes halogenated alkanes) is 1. The maximum absolute atomic E-state index is 3.81. The number of allylic oxidation sites excluding steroid dienone is 1. The monoisotopic (exact) mass is 202 g/mol. The summed E-state index contributed by atoms with van der Waals surface area (Å²) in [5, 5.41) is 0. The van der Waals surface area contributed by atoms with Gasteiger partial charge >= 0.3 is 0 Å². The van der Waals surface area contributed by atoms with E-state index in [0.717, 1.165) is 0 Å². The van der Waals surface area contributed by atoms with Crippen molar-refractivity contribution in [2.24, 2.45) is 5.92 Å². The van der Waals surface area contributed by atoms with Crippen LogP contribution >= 0.6 is 0 Å². The van der Waals surface area contributed by atoms with Gasteiger partial charge in [0.05, 0.1) is 0 Å². The molecule has 0 radical (unpaired) electrons. The number of benzene rings is 1. The molecule has 1 aromatic rings. The van der Waals surface area contributed by atoms with E-state index in [-0.39, 0.29) is 0 Å². The average Bonchev–Trinajstić information content (AvgIpc) is 2.26. The molecule has 0 bridgehead atoms. The fourth-order valence-electron chi connectivity index (χ4n) is 1.67. The summed E-state index contributed by atoms with van der Waals surface area (Å²) in [6.45, 7) is 8.18. The Balaban J connectivity index is 2.20. The van der Waals surface area contributed by atoms with Gasteiger partial charge in [-0.1, -0.05) is 49.2 Å². The quantitative estimate of drug-likeness (QED) is 0.469. The van der Waals surface area contributed by atoms with Gasteiger partial charge in [-0.05, 0) is 37.7 Å². The molecule has 0 aliphatic rings. The fourth-order valence-corrected chi connectivity index (χ4v) is 1.67. The van der Waals surface area contributed by atoms with Crippen LogP contribution in [0.4, 0.5) is 0 Å². The zero-order valence-corrected chi connectivity index (χ0v) is 10.00. The second-order valence-corrected chi connectivity index (χ2v) is 4.44. The minimum atomic E-state index is 0.669. The van der Waals surface area contributed by atoms with Crippen LogP contribution in [0.3, 0.4) is 0 Å². The Bertz CT molecular complexity index is 281. The van der Waals surface area contributed by atoms with Gasteiger partial charge in [-0.15, -0.1) is 6.58 Å². The van der Waals surface area contributed by atoms with E-state index in [1.807, 2.05) is 6.08 Å². The lowest BCUT2D eigenvalue weighted by Gasteiger charge is -2.05. The van der Waals surface area contributed by atoms with Crippen LogP contribution in [0.1, 0.15) is 37.3 Å². The predicted molar refractivity (Wildman–Crippen MR) is 68.1 cm³/mol. The molecular weight excluding hydrogens is 180 g/mol. The highest BCUT2D eigenvalue weighted by atomic mass is 14.0. The Kier molecular flexibility index (Phi) is 5.17. The molecule has 0 fully saturated rings. The summed E-state index contributed by atoms with van der Waals surface area (Å²) in [4.78, 5) is 0. The van der Waals surface area contributed by atoms with E-state index in [2.05, 4.69) is 44.7 Å². The van der Waals surface area contributed by atoms with E-state index in [4.69, 9.17) is 0 Å². The van der Waals surface area contributed by atoms with Crippen molar-refractivity contribution in [2.75, 3.05) is 0 Å². The normalized spacial score (nSPS) is 12.4. The first-order chi connectivity index (χ1) is 7.22. The minimum absolute atomic E-state index is 0.669. The molecule has 0 nitrogen and oxygen atoms in total. The Labute approximate surface area is 94.0 Å². The van der Waals surface area contributed by atoms with Gasteiger partial charge in [0, 0.05) is 0 Å². The molecule has 0 aliphatic carbocycles. The van der Waals surface area contributed by atoms with Crippen molar-refractivity contribution in [3.8, 4) is 0 Å². The second-order valence-electron chi connectivity index (χ2n) is 4.44. The second kappa shape index (κ2) is 6.44. The third kappa shape index (κ3) is 4.83. The van der Waals surface area contributed by atoms with Crippen molar-refractivity contribution in [2.45, 2.75) is 39.5 Å². The zero-order chi connectivity index (χ0) is 11.1. The molecule has 0 saturated carbocycles. The first-order valence-corrected chi connectivity index (χ1v) is 5.90. The van der Waals surface area contributed by atoms with Gasteiger partial charge < -0.3 is 0 Å². The summed E-state index contributed by atoms with van der Waals surface area (Å²) in [5.41, 5.74) is 2.81. The van der Waals surface area contributed by atoms with Crippen molar-refractivity contribution in [1.82, 2.24) is 0 Å². The van der Waals surface area contributed by atoms with E-state index < -0.39 is 0 Å². The SMILES string of the molecule is C=CC(C)CCCCc1ccc(C)cc1. The molecule has 0 spiro atoms. The number of aryl methyl sites for hydroxylation is 2. The lowest BCUT2D eigenvalue weighted by Crippen LogP contribution is -1.91. The highest BCUT2D eigenvalue weighted by molar-refractivity contribution is 5.21. The minimum Gasteiger partial charge on any atom is -0.103 e. The smallest absolute Gasteiger partial charge is 0.0265 e. The van der Waals surface area contributed by atoms with Gasteiger partial charge in [0.25, 0.3) is 0 Å². The topological polar surface area (TPSA) is 0 Å². The molecule has 0 heteroatoms. The number of rotatable bonds is 6. The summed E-state index contributed by atoms with van der Waals surface area (Å²) in [6, 6.07) is 8.88. The van der Waals surface area contributed by atoms with Gasteiger partial charge in [0.15, 0.2) is 0 Å². The van der Waals surface area contributed by atoms with Crippen LogP contribution in [0.5, 0.6) is 0 Å². The molecule has 82 valence electrons. The lowest BCUT2D eigenvalue weighted by molar-refractivity contribution is 0.582. The van der Waals surface area contributed by atoms with Gasteiger partial charge in [0.1, 0.15) is 0 Å². The first kappa shape index (κ1) is 12.0. The third-order valence-corrected chi connectivity index (χ3v) is 2.90. The fraction of sp³-hybridized carbons (Fsp3) is 0.467. The van der Waals surface area contributed by atoms with Crippen LogP contribution in [-0.4, -0.2) is 0 Å². The molecule has 15 heavy (non-hydrogen) atoms. The molecule has 0 aliphatic heterocycles. The molecule has 1 rings (SSSR count). The molecule has 0 aromatic heterocycles. The molecule has 1 unspecified atom stereocenters. The molecule has 0 amide bonds. The molecular formula is C15H22. The van der Waals surface area contributed by atoms with Crippen molar-refractivity contribution >= 4 is 0 Å². The Hall–Kier alpha value is -1.04. The van der Waals surface area contributed by atoms with Crippen molar-refractivity contribution in [1.29, 1.82) is 0 Å². The Morgan fingerprint density at radius 2 is 1.87 bits per heavy atom. The highest BCUT2D eigenvalue weighted by Crippen LogP contribution is 2.12. The number of hydrogen-bond acceptors (Lipinski definition) is 0. The average molecular weight is 202 g/mol. The summed E-state index contributed by atoms with van der Waals surface area (Å²) in [5.74, 6) is 0.669. The van der Waals surface area contributed by atoms with Gasteiger partial charge in [-0.3, -0.25) is 0 Å². The Morgan fingerprint density at radius 1 is 1.20 bits per heavy atom. The molecule has 0 N–H and O–H groups in total. The van der Waals surface area contributed by atoms with Crippen LogP contribution in [0.2, 0.25) is 0 Å². The summed E-state index contributed by atoms with van der Waals surface area (Å²) in [6.07, 6.45) is 7.13. The van der Waals surface area contributed by atoms with E-state index in [1.165, 1.54) is 36.8 Å². The molecule has 0 heterocycles. The molecule has 1 aromatic carbocycles.